The number of imidazole rings is 1. The van der Waals surface area contributed by atoms with Crippen LogP contribution in [-0.4, -0.2) is 54.7 Å². The minimum Gasteiger partial charge on any atom is -0.466 e. The summed E-state index contributed by atoms with van der Waals surface area (Å²) in [6, 6.07) is 1.98. The Morgan fingerprint density at radius 3 is 2.73 bits per heavy atom. The maximum atomic E-state index is 14.8. The van der Waals surface area contributed by atoms with E-state index in [-0.39, 0.29) is 29.1 Å². The van der Waals surface area contributed by atoms with Crippen molar-refractivity contribution in [3.8, 4) is 17.1 Å². The van der Waals surface area contributed by atoms with Crippen LogP contribution in [0.2, 0.25) is 0 Å². The minimum absolute atomic E-state index is 0.0104. The third kappa shape index (κ3) is 3.68. The monoisotopic (exact) mass is 463 g/mol. The van der Waals surface area contributed by atoms with Gasteiger partial charge in [0.1, 0.15) is 5.69 Å². The standard InChI is InChI=1S/C19H13F4N7O3/c20-10-3-15(25-6-11(10)21)33-14-7-29(8-19(14,22)23)13-4-12(28-30-2-1-24-16(13)30)9-5-26-18(32)27-17(9)31/h1-6,14H,7-8H2,(H2,26,27,31,32). The van der Waals surface area contributed by atoms with Gasteiger partial charge >= 0.3 is 11.6 Å². The SMILES string of the molecule is O=c1[nH]cc(-c2cc(N3CC(Oc4cc(F)c(F)cn4)C(F)(F)C3)c3nccn3n2)c(=O)[nH]1. The van der Waals surface area contributed by atoms with Crippen LogP contribution in [0.1, 0.15) is 0 Å². The van der Waals surface area contributed by atoms with Crippen molar-refractivity contribution < 1.29 is 22.3 Å². The summed E-state index contributed by atoms with van der Waals surface area (Å²) in [5.74, 6) is -6.37. The Morgan fingerprint density at radius 2 is 1.97 bits per heavy atom. The molecule has 1 saturated heterocycles. The Balaban J connectivity index is 1.52. The molecule has 1 unspecified atom stereocenters. The van der Waals surface area contributed by atoms with Crippen molar-refractivity contribution in [3.05, 3.63) is 69.4 Å². The zero-order valence-corrected chi connectivity index (χ0v) is 16.4. The lowest BCUT2D eigenvalue weighted by Gasteiger charge is -2.19. The van der Waals surface area contributed by atoms with E-state index in [2.05, 4.69) is 25.0 Å². The molecule has 1 aliphatic rings. The average molecular weight is 463 g/mol. The molecule has 5 heterocycles. The maximum Gasteiger partial charge on any atom is 0.325 e. The van der Waals surface area contributed by atoms with Gasteiger partial charge in [-0.2, -0.15) is 5.10 Å². The van der Waals surface area contributed by atoms with Crippen LogP contribution in [0, 0.1) is 11.6 Å². The van der Waals surface area contributed by atoms with Crippen molar-refractivity contribution >= 4 is 11.3 Å². The van der Waals surface area contributed by atoms with Crippen molar-refractivity contribution in [1.29, 1.82) is 0 Å². The first-order chi connectivity index (χ1) is 15.7. The molecule has 5 rings (SSSR count). The smallest absolute Gasteiger partial charge is 0.325 e. The van der Waals surface area contributed by atoms with Crippen LogP contribution < -0.4 is 20.9 Å². The Morgan fingerprint density at radius 1 is 1.15 bits per heavy atom. The van der Waals surface area contributed by atoms with Crippen LogP contribution in [0.4, 0.5) is 23.2 Å². The Bertz CT molecular complexity index is 1480. The van der Waals surface area contributed by atoms with Crippen LogP contribution in [0.25, 0.3) is 16.9 Å². The molecule has 0 aromatic carbocycles. The number of halogens is 4. The highest BCUT2D eigenvalue weighted by atomic mass is 19.3. The van der Waals surface area contributed by atoms with Crippen molar-refractivity contribution in [2.24, 2.45) is 0 Å². The minimum atomic E-state index is -3.38. The predicted octanol–water partition coefficient (Wildman–Crippen LogP) is 1.35. The number of aromatic amines is 2. The summed E-state index contributed by atoms with van der Waals surface area (Å²) >= 11 is 0. The highest BCUT2D eigenvalue weighted by Crippen LogP contribution is 2.36. The number of nitrogens with one attached hydrogen (secondary N) is 2. The van der Waals surface area contributed by atoms with Crippen LogP contribution in [-0.2, 0) is 0 Å². The largest absolute Gasteiger partial charge is 0.466 e. The van der Waals surface area contributed by atoms with Crippen LogP contribution >= 0.6 is 0 Å². The summed E-state index contributed by atoms with van der Waals surface area (Å²) in [4.78, 5) is 36.8. The highest BCUT2D eigenvalue weighted by Gasteiger charge is 2.51. The van der Waals surface area contributed by atoms with E-state index in [1.54, 1.807) is 0 Å². The van der Waals surface area contributed by atoms with E-state index in [1.807, 2.05) is 0 Å². The fourth-order valence-corrected chi connectivity index (χ4v) is 3.53. The summed E-state index contributed by atoms with van der Waals surface area (Å²) in [5, 5.41) is 4.25. The fraction of sp³-hybridized carbons (Fsp3) is 0.211. The second kappa shape index (κ2) is 7.43. The Kier molecular flexibility index (Phi) is 4.65. The summed E-state index contributed by atoms with van der Waals surface area (Å²) in [7, 11) is 0. The number of nitrogens with zero attached hydrogens (tertiary/aromatic N) is 5. The van der Waals surface area contributed by atoms with E-state index in [0.717, 1.165) is 6.20 Å². The van der Waals surface area contributed by atoms with E-state index in [4.69, 9.17) is 4.74 Å². The molecule has 0 spiro atoms. The van der Waals surface area contributed by atoms with Crippen LogP contribution in [0.5, 0.6) is 5.88 Å². The number of fused-ring (bicyclic) bond motifs is 1. The zero-order valence-electron chi connectivity index (χ0n) is 16.4. The van der Waals surface area contributed by atoms with Gasteiger partial charge in [-0.25, -0.2) is 36.8 Å². The second-order valence-corrected chi connectivity index (χ2v) is 7.28. The molecule has 33 heavy (non-hydrogen) atoms. The normalized spacial score (nSPS) is 17.6. The van der Waals surface area contributed by atoms with Crippen molar-refractivity contribution in [1.82, 2.24) is 29.5 Å². The van der Waals surface area contributed by atoms with Crippen LogP contribution in [0.3, 0.4) is 0 Å². The molecule has 1 aliphatic heterocycles. The molecule has 0 amide bonds. The fourth-order valence-electron chi connectivity index (χ4n) is 3.53. The van der Waals surface area contributed by atoms with Gasteiger partial charge in [-0.1, -0.05) is 0 Å². The first-order valence-electron chi connectivity index (χ1n) is 9.48. The van der Waals surface area contributed by atoms with Gasteiger partial charge < -0.3 is 14.6 Å². The summed E-state index contributed by atoms with van der Waals surface area (Å²) < 4.78 is 62.5. The van der Waals surface area contributed by atoms with Gasteiger partial charge in [0.2, 0.25) is 5.88 Å². The summed E-state index contributed by atoms with van der Waals surface area (Å²) in [5.41, 5.74) is -0.854. The molecule has 4 aromatic rings. The number of hydrogen-bond donors (Lipinski definition) is 2. The molecule has 0 saturated carbocycles. The molecule has 14 heteroatoms. The van der Waals surface area contributed by atoms with E-state index < -0.39 is 47.3 Å². The van der Waals surface area contributed by atoms with Crippen molar-refractivity contribution in [3.63, 3.8) is 0 Å². The molecule has 0 bridgehead atoms. The van der Waals surface area contributed by atoms with E-state index in [9.17, 15) is 27.2 Å². The number of rotatable bonds is 4. The molecule has 0 radical (unpaired) electrons. The van der Waals surface area contributed by atoms with Gasteiger partial charge in [0, 0.05) is 24.7 Å². The second-order valence-electron chi connectivity index (χ2n) is 7.28. The summed E-state index contributed by atoms with van der Waals surface area (Å²) in [6.45, 7) is -1.13. The lowest BCUT2D eigenvalue weighted by Crippen LogP contribution is -2.36. The maximum absolute atomic E-state index is 14.8. The molecule has 0 aliphatic carbocycles. The van der Waals surface area contributed by atoms with E-state index >= 15 is 0 Å². The van der Waals surface area contributed by atoms with Gasteiger partial charge in [0.05, 0.1) is 30.5 Å². The van der Waals surface area contributed by atoms with Crippen LogP contribution in [0.15, 0.2) is 46.5 Å². The molecular weight excluding hydrogens is 450 g/mol. The first-order valence-corrected chi connectivity index (χ1v) is 9.48. The molecule has 10 nitrogen and oxygen atoms in total. The van der Waals surface area contributed by atoms with E-state index in [1.165, 1.54) is 27.9 Å². The highest BCUT2D eigenvalue weighted by molar-refractivity contribution is 5.74. The van der Waals surface area contributed by atoms with Gasteiger partial charge in [0.15, 0.2) is 23.4 Å². The number of aromatic nitrogens is 6. The number of ether oxygens (including phenoxy) is 1. The van der Waals surface area contributed by atoms with Gasteiger partial charge in [-0.3, -0.25) is 9.78 Å². The summed E-state index contributed by atoms with van der Waals surface area (Å²) in [6.07, 6.45) is 2.85. The molecule has 170 valence electrons. The number of hydrogen-bond acceptors (Lipinski definition) is 7. The zero-order chi connectivity index (χ0) is 23.3. The quantitative estimate of drug-likeness (QED) is 0.438. The predicted molar refractivity (Wildman–Crippen MR) is 105 cm³/mol. The van der Waals surface area contributed by atoms with Gasteiger partial charge in [0.25, 0.3) is 5.56 Å². The first kappa shape index (κ1) is 20.7. The third-order valence-corrected chi connectivity index (χ3v) is 5.08. The van der Waals surface area contributed by atoms with E-state index in [0.29, 0.717) is 12.3 Å². The average Bonchev–Trinajstić information content (AvgIpc) is 3.34. The van der Waals surface area contributed by atoms with Crippen molar-refractivity contribution in [2.75, 3.05) is 18.0 Å². The molecule has 1 atom stereocenters. The Labute approximate surface area is 180 Å². The molecular formula is C19H13F4N7O3. The lowest BCUT2D eigenvalue weighted by molar-refractivity contribution is -0.0610. The molecule has 4 aromatic heterocycles. The van der Waals surface area contributed by atoms with Gasteiger partial charge in [-0.15, -0.1) is 0 Å². The molecule has 2 N–H and O–H groups in total. The van der Waals surface area contributed by atoms with Crippen molar-refractivity contribution in [2.45, 2.75) is 12.0 Å². The Hall–Kier alpha value is -4.23. The topological polar surface area (TPSA) is 121 Å². The number of pyridine rings is 1. The lowest BCUT2D eigenvalue weighted by atomic mass is 10.2. The van der Waals surface area contributed by atoms with Gasteiger partial charge in [-0.05, 0) is 6.07 Å². The number of alkyl halides is 2. The number of anilines is 1. The third-order valence-electron chi connectivity index (χ3n) is 5.08. The molecule has 1 fully saturated rings. The number of H-pyrrole nitrogens is 2.